The van der Waals surface area contributed by atoms with Crippen molar-refractivity contribution in [1.82, 2.24) is 34.3 Å². The van der Waals surface area contributed by atoms with Crippen molar-refractivity contribution in [2.24, 2.45) is 7.05 Å². The summed E-state index contributed by atoms with van der Waals surface area (Å²) in [6, 6.07) is 5.49. The summed E-state index contributed by atoms with van der Waals surface area (Å²) in [7, 11) is 1.86. The van der Waals surface area contributed by atoms with Gasteiger partial charge in [-0.3, -0.25) is 28.6 Å². The van der Waals surface area contributed by atoms with Crippen molar-refractivity contribution in [1.29, 1.82) is 0 Å². The maximum absolute atomic E-state index is 13.1. The summed E-state index contributed by atoms with van der Waals surface area (Å²) in [6.45, 7) is 3.66. The lowest BCUT2D eigenvalue weighted by atomic mass is 9.70. The number of nitrogens with one attached hydrogen (secondary N) is 2. The number of aromatic nitrogens is 6. The lowest BCUT2D eigenvalue weighted by Gasteiger charge is -2.53. The fourth-order valence-corrected chi connectivity index (χ4v) is 5.81. The third kappa shape index (κ3) is 5.01. The van der Waals surface area contributed by atoms with Gasteiger partial charge in [-0.2, -0.15) is 5.10 Å². The Kier molecular flexibility index (Phi) is 6.59. The molecule has 0 radical (unpaired) electrons. The molecular weight excluding hydrogens is 494 g/mol. The molecule has 0 aromatic carbocycles. The largest absolute Gasteiger partial charge is 0.325 e. The standard InChI is InChI=1S/C28H33N9O2/c1-19-23(15-22(17-29-19)31-25(38)7-12-36-11-4-3-8-28(36)9-5-10-28)32-27(39)26-34-33-24-14-20(6-13-37(24)26)21-16-30-35(2)18-21/h6,13-18H,3-5,7-12H2,1-2H3,(H,31,38)(H,32,39). The number of carbonyl (C=O) groups is 2. The molecule has 202 valence electrons. The van der Waals surface area contributed by atoms with Crippen molar-refractivity contribution in [3.8, 4) is 11.1 Å². The van der Waals surface area contributed by atoms with Crippen LogP contribution in [-0.2, 0) is 11.8 Å². The molecule has 1 aliphatic heterocycles. The number of aryl methyl sites for hydroxylation is 2. The highest BCUT2D eigenvalue weighted by Crippen LogP contribution is 2.44. The van der Waals surface area contributed by atoms with Gasteiger partial charge >= 0.3 is 0 Å². The van der Waals surface area contributed by atoms with Crippen molar-refractivity contribution in [3.63, 3.8) is 0 Å². The van der Waals surface area contributed by atoms with E-state index < -0.39 is 5.91 Å². The Morgan fingerprint density at radius 1 is 1.03 bits per heavy atom. The normalized spacial score (nSPS) is 16.8. The highest BCUT2D eigenvalue weighted by molar-refractivity contribution is 6.03. The van der Waals surface area contributed by atoms with Crippen molar-refractivity contribution in [2.45, 2.75) is 57.4 Å². The second-order valence-electron chi connectivity index (χ2n) is 10.7. The number of rotatable bonds is 7. The van der Waals surface area contributed by atoms with Crippen LogP contribution in [0.3, 0.4) is 0 Å². The zero-order valence-corrected chi connectivity index (χ0v) is 22.4. The van der Waals surface area contributed by atoms with Gasteiger partial charge in [0.2, 0.25) is 11.7 Å². The van der Waals surface area contributed by atoms with E-state index >= 15 is 0 Å². The van der Waals surface area contributed by atoms with Crippen LogP contribution in [0.2, 0.25) is 0 Å². The van der Waals surface area contributed by atoms with E-state index in [1.54, 1.807) is 40.7 Å². The molecule has 11 heteroatoms. The first-order valence-electron chi connectivity index (χ1n) is 13.6. The number of piperidine rings is 1. The quantitative estimate of drug-likeness (QED) is 0.375. The minimum absolute atomic E-state index is 0.0501. The number of likely N-dealkylation sites (tertiary alicyclic amines) is 1. The molecule has 2 aliphatic rings. The first-order chi connectivity index (χ1) is 18.9. The van der Waals surface area contributed by atoms with Crippen molar-refractivity contribution in [2.75, 3.05) is 23.7 Å². The molecule has 6 rings (SSSR count). The molecule has 4 aromatic heterocycles. The lowest BCUT2D eigenvalue weighted by molar-refractivity contribution is -0.117. The molecule has 11 nitrogen and oxygen atoms in total. The molecular formula is C28H33N9O2. The Morgan fingerprint density at radius 3 is 2.64 bits per heavy atom. The van der Waals surface area contributed by atoms with Crippen LogP contribution in [0.25, 0.3) is 16.8 Å². The molecule has 39 heavy (non-hydrogen) atoms. The summed E-state index contributed by atoms with van der Waals surface area (Å²) in [5.74, 6) is -0.310. The first kappa shape index (κ1) is 25.2. The monoisotopic (exact) mass is 527 g/mol. The third-order valence-corrected chi connectivity index (χ3v) is 8.15. The second-order valence-corrected chi connectivity index (χ2v) is 10.7. The van der Waals surface area contributed by atoms with Gasteiger partial charge in [-0.25, -0.2) is 0 Å². The predicted molar refractivity (Wildman–Crippen MR) is 147 cm³/mol. The summed E-state index contributed by atoms with van der Waals surface area (Å²) in [6.07, 6.45) is 15.1. The van der Waals surface area contributed by atoms with Gasteiger partial charge in [0, 0.05) is 43.5 Å². The summed E-state index contributed by atoms with van der Waals surface area (Å²) >= 11 is 0. The third-order valence-electron chi connectivity index (χ3n) is 8.15. The first-order valence-corrected chi connectivity index (χ1v) is 13.6. The van der Waals surface area contributed by atoms with Crippen LogP contribution >= 0.6 is 0 Å². The summed E-state index contributed by atoms with van der Waals surface area (Å²) in [5.41, 5.74) is 4.46. The van der Waals surface area contributed by atoms with E-state index in [1.165, 1.54) is 38.5 Å². The number of amides is 2. The van der Waals surface area contributed by atoms with E-state index in [9.17, 15) is 9.59 Å². The molecule has 5 heterocycles. The maximum atomic E-state index is 13.1. The van der Waals surface area contributed by atoms with Crippen LogP contribution in [-0.4, -0.2) is 64.7 Å². The molecule has 1 aliphatic carbocycles. The van der Waals surface area contributed by atoms with Crippen LogP contribution in [0.4, 0.5) is 11.4 Å². The Labute approximate surface area is 226 Å². The predicted octanol–water partition coefficient (Wildman–Crippen LogP) is 3.82. The van der Waals surface area contributed by atoms with Crippen molar-refractivity contribution < 1.29 is 9.59 Å². The van der Waals surface area contributed by atoms with E-state index in [4.69, 9.17) is 0 Å². The van der Waals surface area contributed by atoms with Crippen LogP contribution in [0.1, 0.15) is 61.3 Å². The van der Waals surface area contributed by atoms with Crippen LogP contribution in [0.5, 0.6) is 0 Å². The topological polar surface area (TPSA) is 122 Å². The van der Waals surface area contributed by atoms with E-state index in [2.05, 4.69) is 35.8 Å². The van der Waals surface area contributed by atoms with E-state index in [-0.39, 0.29) is 11.7 Å². The number of hydrogen-bond donors (Lipinski definition) is 2. The van der Waals surface area contributed by atoms with E-state index in [1.807, 2.05) is 25.4 Å². The molecule has 4 aromatic rings. The average molecular weight is 528 g/mol. The zero-order chi connectivity index (χ0) is 27.0. The lowest BCUT2D eigenvalue weighted by Crippen LogP contribution is -2.56. The van der Waals surface area contributed by atoms with Gasteiger partial charge in [0.15, 0.2) is 5.65 Å². The van der Waals surface area contributed by atoms with Crippen molar-refractivity contribution in [3.05, 3.63) is 54.5 Å². The fourth-order valence-electron chi connectivity index (χ4n) is 5.81. The molecule has 0 unspecified atom stereocenters. The highest BCUT2D eigenvalue weighted by Gasteiger charge is 2.43. The van der Waals surface area contributed by atoms with Gasteiger partial charge in [-0.15, -0.1) is 10.2 Å². The summed E-state index contributed by atoms with van der Waals surface area (Å²) < 4.78 is 3.37. The zero-order valence-electron chi connectivity index (χ0n) is 22.4. The molecule has 2 N–H and O–H groups in total. The Morgan fingerprint density at radius 2 is 1.87 bits per heavy atom. The van der Waals surface area contributed by atoms with Crippen LogP contribution in [0.15, 0.2) is 43.0 Å². The SMILES string of the molecule is Cc1ncc(NC(=O)CCN2CCCCC23CCC3)cc1NC(=O)c1nnc2cc(-c3cnn(C)c3)ccn12. The number of pyridine rings is 2. The van der Waals surface area contributed by atoms with Gasteiger partial charge < -0.3 is 10.6 Å². The maximum Gasteiger partial charge on any atom is 0.294 e. The Bertz CT molecular complexity index is 1540. The second kappa shape index (κ2) is 10.2. The minimum atomic E-state index is -0.416. The smallest absolute Gasteiger partial charge is 0.294 e. The Hall–Kier alpha value is -4.12. The van der Waals surface area contributed by atoms with Gasteiger partial charge in [0.25, 0.3) is 5.91 Å². The van der Waals surface area contributed by atoms with Crippen molar-refractivity contribution >= 4 is 28.8 Å². The molecule has 1 saturated carbocycles. The molecule has 1 saturated heterocycles. The number of hydrogen-bond acceptors (Lipinski definition) is 7. The van der Waals surface area contributed by atoms with Crippen LogP contribution in [0, 0.1) is 6.92 Å². The Balaban J connectivity index is 1.11. The summed E-state index contributed by atoms with van der Waals surface area (Å²) in [5, 5.41) is 18.3. The van der Waals surface area contributed by atoms with Crippen LogP contribution < -0.4 is 10.6 Å². The molecule has 2 amide bonds. The number of carbonyl (C=O) groups excluding carboxylic acids is 2. The molecule has 1 spiro atoms. The van der Waals surface area contributed by atoms with E-state index in [0.29, 0.717) is 34.7 Å². The van der Waals surface area contributed by atoms with E-state index in [0.717, 1.165) is 24.2 Å². The average Bonchev–Trinajstić information content (AvgIpc) is 3.54. The molecule has 2 fully saturated rings. The number of fused-ring (bicyclic) bond motifs is 1. The minimum Gasteiger partial charge on any atom is -0.325 e. The molecule has 0 atom stereocenters. The summed E-state index contributed by atoms with van der Waals surface area (Å²) in [4.78, 5) is 32.8. The number of anilines is 2. The number of nitrogens with zero attached hydrogens (tertiary/aromatic N) is 7. The van der Waals surface area contributed by atoms with Gasteiger partial charge in [0.05, 0.1) is 29.5 Å². The molecule has 0 bridgehead atoms. The highest BCUT2D eigenvalue weighted by atomic mass is 16.2. The fraction of sp³-hybridized carbons (Fsp3) is 0.429. The van der Waals surface area contributed by atoms with Gasteiger partial charge in [0.1, 0.15) is 0 Å². The van der Waals surface area contributed by atoms with Gasteiger partial charge in [-0.05, 0) is 69.3 Å². The van der Waals surface area contributed by atoms with Gasteiger partial charge in [-0.1, -0.05) is 6.42 Å².